The van der Waals surface area contributed by atoms with Gasteiger partial charge in [0.15, 0.2) is 5.76 Å². The summed E-state index contributed by atoms with van der Waals surface area (Å²) in [6.07, 6.45) is 1.54. The van der Waals surface area contributed by atoms with Crippen LogP contribution in [0.1, 0.15) is 37.5 Å². The second-order valence-electron chi connectivity index (χ2n) is 7.76. The molecule has 0 aromatic heterocycles. The summed E-state index contributed by atoms with van der Waals surface area (Å²) in [5, 5.41) is 14.5. The Morgan fingerprint density at radius 3 is 2.29 bits per heavy atom. The van der Waals surface area contributed by atoms with Gasteiger partial charge < -0.3 is 20.5 Å². The van der Waals surface area contributed by atoms with Crippen molar-refractivity contribution in [3.8, 4) is 11.1 Å². The number of hydrogen-bond acceptors (Lipinski definition) is 4. The number of carboxylic acid groups (broad SMARTS) is 1. The molecular formula is C24H29FN2O4. The normalized spacial score (nSPS) is 12.5. The highest BCUT2D eigenvalue weighted by Crippen LogP contribution is 2.31. The van der Waals surface area contributed by atoms with E-state index < -0.39 is 17.9 Å². The predicted octanol–water partition coefficient (Wildman–Crippen LogP) is 4.51. The van der Waals surface area contributed by atoms with Crippen LogP contribution in [0.15, 0.2) is 36.1 Å². The highest BCUT2D eigenvalue weighted by atomic mass is 19.1. The van der Waals surface area contributed by atoms with Crippen molar-refractivity contribution in [3.63, 3.8) is 0 Å². The van der Waals surface area contributed by atoms with Gasteiger partial charge in [-0.2, -0.15) is 0 Å². The summed E-state index contributed by atoms with van der Waals surface area (Å²) in [5.74, 6) is -2.11. The molecule has 0 radical (unpaired) electrons. The molecule has 0 aliphatic carbocycles. The third-order valence-corrected chi connectivity index (χ3v) is 4.78. The maximum absolute atomic E-state index is 14.8. The number of ether oxygens (including phenoxy) is 1. The summed E-state index contributed by atoms with van der Waals surface area (Å²) in [6, 6.07) is 7.93. The molecule has 2 aromatic carbocycles. The van der Waals surface area contributed by atoms with E-state index in [4.69, 9.17) is 9.84 Å². The number of carboxylic acids is 1. The van der Waals surface area contributed by atoms with Gasteiger partial charge in [-0.15, -0.1) is 0 Å². The third-order valence-electron chi connectivity index (χ3n) is 4.78. The lowest BCUT2D eigenvalue weighted by molar-refractivity contribution is -0.141. The van der Waals surface area contributed by atoms with E-state index in [9.17, 15) is 14.0 Å². The molecule has 1 amide bonds. The van der Waals surface area contributed by atoms with Crippen LogP contribution < -0.4 is 10.6 Å². The zero-order valence-electron chi connectivity index (χ0n) is 18.7. The number of anilines is 1. The predicted molar refractivity (Wildman–Crippen MR) is 120 cm³/mol. The van der Waals surface area contributed by atoms with Gasteiger partial charge in [0.25, 0.3) is 5.91 Å². The Kier molecular flexibility index (Phi) is 7.80. The van der Waals surface area contributed by atoms with Crippen molar-refractivity contribution in [2.24, 2.45) is 0 Å². The van der Waals surface area contributed by atoms with Crippen molar-refractivity contribution in [1.29, 1.82) is 0 Å². The Labute approximate surface area is 182 Å². The first-order chi connectivity index (χ1) is 14.5. The molecule has 1 atom stereocenters. The smallest absolute Gasteiger partial charge is 0.325 e. The van der Waals surface area contributed by atoms with E-state index >= 15 is 0 Å². The van der Waals surface area contributed by atoms with Crippen LogP contribution in [0.25, 0.3) is 17.2 Å². The molecule has 0 heterocycles. The lowest BCUT2D eigenvalue weighted by Gasteiger charge is -2.15. The number of carbonyl (C=O) groups is 2. The van der Waals surface area contributed by atoms with Crippen molar-refractivity contribution in [2.45, 2.75) is 46.7 Å². The van der Waals surface area contributed by atoms with Crippen LogP contribution in [0, 0.1) is 19.7 Å². The Morgan fingerprint density at radius 1 is 1.06 bits per heavy atom. The Hall–Kier alpha value is -3.35. The van der Waals surface area contributed by atoms with Gasteiger partial charge in [-0.3, -0.25) is 9.59 Å². The van der Waals surface area contributed by atoms with E-state index in [1.54, 1.807) is 12.1 Å². The van der Waals surface area contributed by atoms with Crippen LogP contribution in [0.5, 0.6) is 0 Å². The maximum Gasteiger partial charge on any atom is 0.325 e. The second-order valence-corrected chi connectivity index (χ2v) is 7.76. The molecule has 31 heavy (non-hydrogen) atoms. The van der Waals surface area contributed by atoms with Crippen LogP contribution in [-0.4, -0.2) is 36.2 Å². The number of benzene rings is 2. The zero-order valence-corrected chi connectivity index (χ0v) is 18.7. The van der Waals surface area contributed by atoms with E-state index in [-0.39, 0.29) is 17.6 Å². The first-order valence-corrected chi connectivity index (χ1v) is 10.0. The number of rotatable bonds is 8. The maximum atomic E-state index is 14.8. The second kappa shape index (κ2) is 10.1. The summed E-state index contributed by atoms with van der Waals surface area (Å²) >= 11 is 0. The topological polar surface area (TPSA) is 87.7 Å². The molecule has 3 N–H and O–H groups in total. The minimum Gasteiger partial charge on any atom is -0.491 e. The number of carbonyl (C=O) groups excluding carboxylic acids is 1. The van der Waals surface area contributed by atoms with Gasteiger partial charge in [0.05, 0.1) is 7.11 Å². The molecule has 2 rings (SSSR count). The Bertz CT molecular complexity index is 1010. The highest BCUT2D eigenvalue weighted by Gasteiger charge is 2.18. The van der Waals surface area contributed by atoms with Crippen molar-refractivity contribution in [1.82, 2.24) is 5.32 Å². The van der Waals surface area contributed by atoms with Crippen molar-refractivity contribution in [3.05, 3.63) is 58.6 Å². The summed E-state index contributed by atoms with van der Waals surface area (Å²) < 4.78 is 19.9. The molecular weight excluding hydrogens is 399 g/mol. The molecule has 0 aliphatic heterocycles. The fourth-order valence-corrected chi connectivity index (χ4v) is 3.13. The summed E-state index contributed by atoms with van der Waals surface area (Å²) in [7, 11) is 1.34. The molecule has 0 saturated heterocycles. The number of methoxy groups -OCH3 is 1. The summed E-state index contributed by atoms with van der Waals surface area (Å²) in [4.78, 5) is 23.3. The fraction of sp³-hybridized carbons (Fsp3) is 0.333. The number of halogens is 1. The molecule has 0 bridgehead atoms. The Morgan fingerprint density at radius 2 is 1.74 bits per heavy atom. The monoisotopic (exact) mass is 428 g/mol. The SMILES string of the molecule is COC(=Cc1cc(C)c(-c2ccc(NC(C)C)cc2F)cc1C)C(=O)N[C@H](C)C(=O)O. The van der Waals surface area contributed by atoms with Gasteiger partial charge in [-0.05, 0) is 81.1 Å². The molecule has 6 nitrogen and oxygen atoms in total. The van der Waals surface area contributed by atoms with Gasteiger partial charge in [0.1, 0.15) is 11.9 Å². The molecule has 0 unspecified atom stereocenters. The molecule has 0 spiro atoms. The van der Waals surface area contributed by atoms with Gasteiger partial charge in [-0.25, -0.2) is 4.39 Å². The van der Waals surface area contributed by atoms with E-state index in [1.807, 2.05) is 45.9 Å². The Balaban J connectivity index is 2.38. The lowest BCUT2D eigenvalue weighted by Crippen LogP contribution is -2.39. The van der Waals surface area contributed by atoms with Crippen LogP contribution in [0.3, 0.4) is 0 Å². The van der Waals surface area contributed by atoms with E-state index in [1.165, 1.54) is 20.1 Å². The minimum absolute atomic E-state index is 0.0151. The van der Waals surface area contributed by atoms with Crippen molar-refractivity contribution in [2.75, 3.05) is 12.4 Å². The zero-order chi connectivity index (χ0) is 23.3. The van der Waals surface area contributed by atoms with Gasteiger partial charge in [-0.1, -0.05) is 12.1 Å². The third kappa shape index (κ3) is 6.07. The first kappa shape index (κ1) is 23.9. The molecule has 0 fully saturated rings. The van der Waals surface area contributed by atoms with E-state index in [0.717, 1.165) is 27.9 Å². The van der Waals surface area contributed by atoms with Crippen LogP contribution in [-0.2, 0) is 14.3 Å². The molecule has 166 valence electrons. The van der Waals surface area contributed by atoms with Gasteiger partial charge in [0, 0.05) is 17.3 Å². The number of hydrogen-bond donors (Lipinski definition) is 3. The van der Waals surface area contributed by atoms with Gasteiger partial charge >= 0.3 is 5.97 Å². The summed E-state index contributed by atoms with van der Waals surface area (Å²) in [5.41, 5.74) is 4.33. The van der Waals surface area contributed by atoms with Crippen LogP contribution >= 0.6 is 0 Å². The highest BCUT2D eigenvalue weighted by molar-refractivity contribution is 5.98. The van der Waals surface area contributed by atoms with E-state index in [2.05, 4.69) is 10.6 Å². The standard InChI is InChI=1S/C24H29FN2O4/c1-13(2)26-18-7-8-19(21(25)12-18)20-10-14(3)17(9-15(20)4)11-22(31-6)23(28)27-16(5)24(29)30/h7-13,16,26H,1-6H3,(H,27,28)(H,29,30)/t16-/m1/s1. The average Bonchev–Trinajstić information content (AvgIpc) is 2.68. The minimum atomic E-state index is -1.14. The molecule has 0 aliphatic rings. The van der Waals surface area contributed by atoms with Crippen LogP contribution in [0.4, 0.5) is 10.1 Å². The van der Waals surface area contributed by atoms with E-state index in [0.29, 0.717) is 5.56 Å². The largest absolute Gasteiger partial charge is 0.491 e. The average molecular weight is 429 g/mol. The number of aryl methyl sites for hydroxylation is 2. The molecule has 2 aromatic rings. The van der Waals surface area contributed by atoms with Crippen LogP contribution in [0.2, 0.25) is 0 Å². The lowest BCUT2D eigenvalue weighted by atomic mass is 9.94. The van der Waals surface area contributed by atoms with Crippen molar-refractivity contribution >= 4 is 23.6 Å². The molecule has 0 saturated carbocycles. The molecule has 7 heteroatoms. The number of nitrogens with one attached hydrogen (secondary N) is 2. The van der Waals surface area contributed by atoms with Gasteiger partial charge in [0.2, 0.25) is 0 Å². The number of amides is 1. The first-order valence-electron chi connectivity index (χ1n) is 10.0. The number of aliphatic carboxylic acids is 1. The fourth-order valence-electron chi connectivity index (χ4n) is 3.13. The quantitative estimate of drug-likeness (QED) is 0.425. The van der Waals surface area contributed by atoms with Crippen molar-refractivity contribution < 1.29 is 23.8 Å². The summed E-state index contributed by atoms with van der Waals surface area (Å²) in [6.45, 7) is 9.07.